The van der Waals surface area contributed by atoms with Gasteiger partial charge in [0.15, 0.2) is 0 Å². The Morgan fingerprint density at radius 2 is 1.85 bits per heavy atom. The Kier molecular flexibility index (Phi) is 7.87. The zero-order chi connectivity index (χ0) is 14.3. The van der Waals surface area contributed by atoms with Gasteiger partial charge in [0, 0.05) is 5.69 Å². The van der Waals surface area contributed by atoms with Crippen molar-refractivity contribution in [1.82, 2.24) is 5.32 Å². The van der Waals surface area contributed by atoms with Crippen molar-refractivity contribution in [3.05, 3.63) is 30.3 Å². The van der Waals surface area contributed by atoms with Crippen LogP contribution in [0, 0.1) is 0 Å². The van der Waals surface area contributed by atoms with Crippen LogP contribution in [0.3, 0.4) is 0 Å². The van der Waals surface area contributed by atoms with Gasteiger partial charge < -0.3 is 16.4 Å². The lowest BCUT2D eigenvalue weighted by Crippen LogP contribution is -2.52. The van der Waals surface area contributed by atoms with Crippen molar-refractivity contribution in [2.24, 2.45) is 5.73 Å². The molecule has 0 aliphatic heterocycles. The summed E-state index contributed by atoms with van der Waals surface area (Å²) in [5.74, 6) is -0.579. The number of hydrogen-bond acceptors (Lipinski definition) is 3. The summed E-state index contributed by atoms with van der Waals surface area (Å²) in [5, 5.41) is 5.24. The summed E-state index contributed by atoms with van der Waals surface area (Å²) in [6.07, 6.45) is 1.40. The van der Waals surface area contributed by atoms with Crippen LogP contribution in [-0.2, 0) is 9.59 Å². The summed E-state index contributed by atoms with van der Waals surface area (Å²) in [5.41, 5.74) is 5.64. The van der Waals surface area contributed by atoms with Crippen LogP contribution in [-0.4, -0.2) is 23.9 Å². The van der Waals surface area contributed by atoms with Crippen molar-refractivity contribution < 1.29 is 9.59 Å². The van der Waals surface area contributed by atoms with E-state index in [1.807, 2.05) is 25.1 Å². The molecule has 5 nitrogen and oxygen atoms in total. The molecule has 0 bridgehead atoms. The molecule has 112 valence electrons. The number of nitrogens with two attached hydrogens (primary N) is 1. The molecule has 0 aliphatic rings. The maximum atomic E-state index is 11.8. The number of para-hydroxylation sites is 1. The molecule has 0 heterocycles. The minimum atomic E-state index is -0.929. The van der Waals surface area contributed by atoms with E-state index in [0.29, 0.717) is 12.1 Å². The van der Waals surface area contributed by atoms with E-state index in [2.05, 4.69) is 10.6 Å². The quantitative estimate of drug-likeness (QED) is 0.747. The summed E-state index contributed by atoms with van der Waals surface area (Å²) in [6.45, 7) is 3.55. The zero-order valence-corrected chi connectivity index (χ0v) is 12.6. The van der Waals surface area contributed by atoms with Crippen LogP contribution in [0.1, 0.15) is 26.7 Å². The smallest absolute Gasteiger partial charge is 0.243 e. The van der Waals surface area contributed by atoms with Crippen LogP contribution in [0.4, 0.5) is 5.69 Å². The maximum Gasteiger partial charge on any atom is 0.243 e. The first-order valence-corrected chi connectivity index (χ1v) is 6.38. The Bertz CT molecular complexity index is 435. The van der Waals surface area contributed by atoms with Crippen molar-refractivity contribution in [2.45, 2.75) is 32.2 Å². The molecule has 0 aliphatic carbocycles. The van der Waals surface area contributed by atoms with Gasteiger partial charge >= 0.3 is 0 Å². The average molecular weight is 300 g/mol. The monoisotopic (exact) mass is 299 g/mol. The fraction of sp³-hybridized carbons (Fsp3) is 0.429. The number of hydrogen-bond donors (Lipinski definition) is 3. The van der Waals surface area contributed by atoms with Crippen molar-refractivity contribution in [3.63, 3.8) is 0 Å². The molecule has 1 unspecified atom stereocenters. The number of halogens is 1. The van der Waals surface area contributed by atoms with E-state index < -0.39 is 5.54 Å². The predicted molar refractivity (Wildman–Crippen MR) is 82.8 cm³/mol. The Morgan fingerprint density at radius 3 is 2.40 bits per heavy atom. The highest BCUT2D eigenvalue weighted by atomic mass is 35.5. The zero-order valence-electron chi connectivity index (χ0n) is 11.8. The van der Waals surface area contributed by atoms with Crippen molar-refractivity contribution in [1.29, 1.82) is 0 Å². The summed E-state index contributed by atoms with van der Waals surface area (Å²) in [4.78, 5) is 23.4. The van der Waals surface area contributed by atoms with Crippen molar-refractivity contribution in [2.75, 3.05) is 11.9 Å². The third-order valence-corrected chi connectivity index (χ3v) is 2.76. The molecular formula is C14H22ClN3O2. The second kappa shape index (κ2) is 8.55. The van der Waals surface area contributed by atoms with E-state index in [4.69, 9.17) is 5.73 Å². The third-order valence-electron chi connectivity index (χ3n) is 2.76. The molecule has 0 spiro atoms. The molecule has 2 amide bonds. The van der Waals surface area contributed by atoms with E-state index in [0.717, 1.165) is 6.42 Å². The molecule has 0 saturated heterocycles. The van der Waals surface area contributed by atoms with E-state index in [-0.39, 0.29) is 30.8 Å². The topological polar surface area (TPSA) is 84.2 Å². The fourth-order valence-corrected chi connectivity index (χ4v) is 1.72. The van der Waals surface area contributed by atoms with Crippen LogP contribution < -0.4 is 16.4 Å². The molecule has 4 N–H and O–H groups in total. The minimum absolute atomic E-state index is 0. The molecule has 1 atom stereocenters. The highest BCUT2D eigenvalue weighted by Crippen LogP contribution is 2.08. The third kappa shape index (κ3) is 6.04. The van der Waals surface area contributed by atoms with Gasteiger partial charge in [-0.15, -0.1) is 12.4 Å². The van der Waals surface area contributed by atoms with Gasteiger partial charge in [0.05, 0.1) is 12.1 Å². The van der Waals surface area contributed by atoms with E-state index >= 15 is 0 Å². The summed E-state index contributed by atoms with van der Waals surface area (Å²) >= 11 is 0. The first kappa shape index (κ1) is 18.4. The lowest BCUT2D eigenvalue weighted by Gasteiger charge is -2.22. The lowest BCUT2D eigenvalue weighted by molar-refractivity contribution is -0.128. The van der Waals surface area contributed by atoms with Gasteiger partial charge in [0.1, 0.15) is 0 Å². The first-order chi connectivity index (χ1) is 8.95. The molecule has 0 saturated carbocycles. The number of anilines is 1. The van der Waals surface area contributed by atoms with E-state index in [1.54, 1.807) is 19.1 Å². The van der Waals surface area contributed by atoms with Gasteiger partial charge in [-0.2, -0.15) is 0 Å². The van der Waals surface area contributed by atoms with Gasteiger partial charge in [0.2, 0.25) is 11.8 Å². The molecule has 1 aromatic carbocycles. The summed E-state index contributed by atoms with van der Waals surface area (Å²) < 4.78 is 0. The van der Waals surface area contributed by atoms with Gasteiger partial charge in [-0.1, -0.05) is 31.5 Å². The number of rotatable bonds is 6. The second-order valence-electron chi connectivity index (χ2n) is 4.76. The molecule has 0 radical (unpaired) electrons. The molecule has 1 aromatic rings. The molecule has 0 fully saturated rings. The van der Waals surface area contributed by atoms with Crippen LogP contribution in [0.5, 0.6) is 0 Å². The first-order valence-electron chi connectivity index (χ1n) is 6.38. The Balaban J connectivity index is 0.00000361. The highest BCUT2D eigenvalue weighted by molar-refractivity contribution is 5.95. The fourth-order valence-electron chi connectivity index (χ4n) is 1.72. The molecule has 20 heavy (non-hydrogen) atoms. The number of carbonyl (C=O) groups excluding carboxylic acids is 2. The number of amides is 2. The van der Waals surface area contributed by atoms with Crippen LogP contribution in [0.15, 0.2) is 30.3 Å². The largest absolute Gasteiger partial charge is 0.345 e. The Morgan fingerprint density at radius 1 is 1.25 bits per heavy atom. The molecular weight excluding hydrogens is 278 g/mol. The van der Waals surface area contributed by atoms with Crippen LogP contribution in [0.2, 0.25) is 0 Å². The van der Waals surface area contributed by atoms with E-state index in [1.165, 1.54) is 0 Å². The molecule has 6 heteroatoms. The SMILES string of the molecule is CCCC(C)(N)C(=O)NCC(=O)Nc1ccccc1.Cl. The summed E-state index contributed by atoms with van der Waals surface area (Å²) in [7, 11) is 0. The Hall–Kier alpha value is -1.59. The van der Waals surface area contributed by atoms with Crippen LogP contribution >= 0.6 is 12.4 Å². The van der Waals surface area contributed by atoms with Gasteiger partial charge in [-0.25, -0.2) is 0 Å². The van der Waals surface area contributed by atoms with E-state index in [9.17, 15) is 9.59 Å². The normalized spacial score (nSPS) is 12.8. The molecule has 1 rings (SSSR count). The number of carbonyl (C=O) groups is 2. The molecule has 0 aromatic heterocycles. The number of benzene rings is 1. The van der Waals surface area contributed by atoms with Crippen LogP contribution in [0.25, 0.3) is 0 Å². The number of nitrogens with one attached hydrogen (secondary N) is 2. The standard InChI is InChI=1S/C14H21N3O2.ClH/c1-3-9-14(2,15)13(19)16-10-12(18)17-11-7-5-4-6-8-11;/h4-8H,3,9-10,15H2,1-2H3,(H,16,19)(H,17,18);1H. The van der Waals surface area contributed by atoms with Crippen molar-refractivity contribution in [3.8, 4) is 0 Å². The van der Waals surface area contributed by atoms with Crippen molar-refractivity contribution >= 4 is 29.9 Å². The highest BCUT2D eigenvalue weighted by Gasteiger charge is 2.27. The minimum Gasteiger partial charge on any atom is -0.345 e. The maximum absolute atomic E-state index is 11.8. The summed E-state index contributed by atoms with van der Waals surface area (Å²) in [6, 6.07) is 9.08. The second-order valence-corrected chi connectivity index (χ2v) is 4.76. The lowest BCUT2D eigenvalue weighted by atomic mass is 9.96. The predicted octanol–water partition coefficient (Wildman–Crippen LogP) is 1.68. The van der Waals surface area contributed by atoms with Gasteiger partial charge in [-0.3, -0.25) is 9.59 Å². The average Bonchev–Trinajstić information content (AvgIpc) is 2.37. The van der Waals surface area contributed by atoms with Gasteiger partial charge in [-0.05, 0) is 25.5 Å². The Labute approximate surface area is 125 Å². The van der Waals surface area contributed by atoms with Gasteiger partial charge in [0.25, 0.3) is 0 Å².